The van der Waals surface area contributed by atoms with Crippen LogP contribution in [0.5, 0.6) is 0 Å². The Hall–Kier alpha value is 0.629. The van der Waals surface area contributed by atoms with Gasteiger partial charge in [0, 0.05) is 0 Å². The van der Waals surface area contributed by atoms with Crippen molar-refractivity contribution < 1.29 is 5.48 Å². The van der Waals surface area contributed by atoms with Crippen molar-refractivity contribution in [1.82, 2.24) is 0 Å². The normalized spacial score (nSPS) is 3.25. The Morgan fingerprint density at radius 1 is 1.75 bits per heavy atom. The van der Waals surface area contributed by atoms with Crippen LogP contribution in [-0.4, -0.2) is 30.7 Å². The van der Waals surface area contributed by atoms with Gasteiger partial charge in [0.15, 0.2) is 0 Å². The van der Waals surface area contributed by atoms with Crippen LogP contribution in [0.4, 0.5) is 0 Å². The maximum atomic E-state index is 3.66. The third-order valence-electron chi connectivity index (χ3n) is 0. The first-order chi connectivity index (χ1) is 1.41. The molecular formula is C2H7OSn. The molecular weight excluding hydrogens is 159 g/mol. The second-order valence-corrected chi connectivity index (χ2v) is 2.37. The molecule has 0 aromatic heterocycles. The van der Waals surface area contributed by atoms with E-state index in [0.29, 0.717) is 0 Å². The molecule has 0 saturated heterocycles. The molecule has 4 heavy (non-hydrogen) atoms. The van der Waals surface area contributed by atoms with Crippen molar-refractivity contribution in [2.24, 2.45) is 0 Å². The number of hydrogen-bond donors (Lipinski definition) is 0. The van der Waals surface area contributed by atoms with Gasteiger partial charge in [0.1, 0.15) is 0 Å². The molecule has 0 saturated carbocycles. The van der Waals surface area contributed by atoms with Crippen LogP contribution < -0.4 is 0 Å². The zero-order valence-corrected chi connectivity index (χ0v) is 5.56. The van der Waals surface area contributed by atoms with Crippen molar-refractivity contribution in [2.45, 2.75) is 4.94 Å². The predicted octanol–water partition coefficient (Wildman–Crippen LogP) is -0.654. The van der Waals surface area contributed by atoms with Crippen molar-refractivity contribution >= 4 is 25.2 Å². The van der Waals surface area contributed by atoms with Crippen LogP contribution in [0.15, 0.2) is 0 Å². The standard InChI is InChI=1S/CH3.CH2.H2O.Sn/h1H3;2*1H2;. The van der Waals surface area contributed by atoms with Gasteiger partial charge < -0.3 is 5.48 Å². The summed E-state index contributed by atoms with van der Waals surface area (Å²) in [5, 5.41) is 0. The van der Waals surface area contributed by atoms with Crippen molar-refractivity contribution in [3.63, 3.8) is 0 Å². The number of rotatable bonds is 0. The first kappa shape index (κ1) is 8.82. The van der Waals surface area contributed by atoms with Gasteiger partial charge in [-0.25, -0.2) is 0 Å². The third-order valence-corrected chi connectivity index (χ3v) is 0. The van der Waals surface area contributed by atoms with E-state index < -0.39 is 0 Å². The van der Waals surface area contributed by atoms with Gasteiger partial charge in [0.25, 0.3) is 0 Å². The summed E-state index contributed by atoms with van der Waals surface area (Å²) >= 11 is -0.0200. The van der Waals surface area contributed by atoms with Crippen molar-refractivity contribution in [2.75, 3.05) is 0 Å². The fraction of sp³-hybridized carbons (Fsp3) is 0.500. The molecule has 0 aliphatic rings. The first-order valence-electron chi connectivity index (χ1n) is 0.854. The second-order valence-electron chi connectivity index (χ2n) is 0.354. The number of hydrogen-bond acceptors (Lipinski definition) is 0. The zero-order valence-electron chi connectivity index (χ0n) is 2.71. The summed E-state index contributed by atoms with van der Waals surface area (Å²) in [7, 11) is 0. The summed E-state index contributed by atoms with van der Waals surface area (Å²) in [5.74, 6) is 0. The molecule has 25 valence electrons. The molecule has 0 amide bonds. The van der Waals surface area contributed by atoms with Gasteiger partial charge in [-0.2, -0.15) is 0 Å². The quantitative estimate of drug-likeness (QED) is 0.428. The predicted molar refractivity (Wildman–Crippen MR) is 22.4 cm³/mol. The van der Waals surface area contributed by atoms with Crippen molar-refractivity contribution in [3.8, 4) is 0 Å². The molecule has 0 spiro atoms. The molecule has 1 radical (unpaired) electrons. The molecule has 0 bridgehead atoms. The van der Waals surface area contributed by atoms with Gasteiger partial charge in [-0.1, -0.05) is 0 Å². The van der Waals surface area contributed by atoms with E-state index in [1.807, 2.05) is 0 Å². The Morgan fingerprint density at radius 3 is 1.75 bits per heavy atom. The Kier molecular flexibility index (Phi) is 20.8. The van der Waals surface area contributed by atoms with Crippen LogP contribution in [0, 0.1) is 0 Å². The Bertz CT molecular complexity index is 13.5. The molecule has 1 nitrogen and oxygen atoms in total. The van der Waals surface area contributed by atoms with E-state index in [9.17, 15) is 0 Å². The van der Waals surface area contributed by atoms with Gasteiger partial charge >= 0.3 is 30.1 Å². The molecule has 0 unspecified atom stereocenters. The van der Waals surface area contributed by atoms with Crippen molar-refractivity contribution in [1.29, 1.82) is 0 Å². The Labute approximate surface area is 36.0 Å². The van der Waals surface area contributed by atoms with Crippen LogP contribution in [-0.2, 0) is 0 Å². The van der Waals surface area contributed by atoms with E-state index in [0.717, 1.165) is 0 Å². The van der Waals surface area contributed by atoms with E-state index in [1.54, 1.807) is 0 Å². The van der Waals surface area contributed by atoms with Gasteiger partial charge in [0.05, 0.1) is 0 Å². The van der Waals surface area contributed by atoms with E-state index in [-0.39, 0.29) is 26.1 Å². The summed E-state index contributed by atoms with van der Waals surface area (Å²) in [6.07, 6.45) is 0. The monoisotopic (exact) mass is 167 g/mol. The summed E-state index contributed by atoms with van der Waals surface area (Å²) in [5.41, 5.74) is 0. The van der Waals surface area contributed by atoms with Crippen LogP contribution in [0.25, 0.3) is 0 Å². The summed E-state index contributed by atoms with van der Waals surface area (Å²) in [4.78, 5) is 2.18. The van der Waals surface area contributed by atoms with Gasteiger partial charge in [-0.15, -0.1) is 0 Å². The van der Waals surface area contributed by atoms with Gasteiger partial charge in [0.2, 0.25) is 0 Å². The maximum absolute atomic E-state index is 3.66. The van der Waals surface area contributed by atoms with Crippen LogP contribution in [0.1, 0.15) is 0 Å². The average Bonchev–Trinajstić information content (AvgIpc) is 0.918. The molecule has 0 atom stereocenters. The molecule has 0 fully saturated rings. The molecule has 0 aromatic rings. The fourth-order valence-corrected chi connectivity index (χ4v) is 0. The molecule has 0 heterocycles. The molecule has 2 N–H and O–H groups in total. The van der Waals surface area contributed by atoms with Gasteiger partial charge in [-0.3, -0.25) is 0 Å². The Balaban J connectivity index is 0. The first-order valence-corrected chi connectivity index (χ1v) is 5.73. The van der Waals surface area contributed by atoms with Crippen LogP contribution in [0.3, 0.4) is 0 Å². The fourth-order valence-electron chi connectivity index (χ4n) is 0. The molecule has 0 rings (SSSR count). The summed E-state index contributed by atoms with van der Waals surface area (Å²) in [6, 6.07) is 0. The second kappa shape index (κ2) is 9.45. The van der Waals surface area contributed by atoms with E-state index in [4.69, 9.17) is 0 Å². The SMILES string of the molecule is O.[CH2]=[Sn][CH3]. The van der Waals surface area contributed by atoms with Crippen LogP contribution >= 0.6 is 0 Å². The molecule has 0 aliphatic heterocycles. The average molecular weight is 166 g/mol. The van der Waals surface area contributed by atoms with E-state index in [1.165, 1.54) is 0 Å². The van der Waals surface area contributed by atoms with E-state index in [2.05, 4.69) is 9.46 Å². The Morgan fingerprint density at radius 2 is 1.75 bits per heavy atom. The van der Waals surface area contributed by atoms with Crippen LogP contribution in [0.2, 0.25) is 4.94 Å². The zero-order chi connectivity index (χ0) is 2.71. The topological polar surface area (TPSA) is 31.5 Å². The molecule has 0 aliphatic carbocycles. The molecule has 0 aromatic carbocycles. The van der Waals surface area contributed by atoms with E-state index >= 15 is 0 Å². The minimum absolute atomic E-state index is 0. The third kappa shape index (κ3) is 17.6. The van der Waals surface area contributed by atoms with Gasteiger partial charge in [-0.05, 0) is 0 Å². The summed E-state index contributed by atoms with van der Waals surface area (Å²) < 4.78 is 3.66. The summed E-state index contributed by atoms with van der Waals surface area (Å²) in [6.45, 7) is 0. The van der Waals surface area contributed by atoms with Crippen molar-refractivity contribution in [3.05, 3.63) is 0 Å². The minimum atomic E-state index is -0.0200. The molecule has 2 heteroatoms.